The van der Waals surface area contributed by atoms with Crippen molar-refractivity contribution in [3.8, 4) is 0 Å². The van der Waals surface area contributed by atoms with Gasteiger partial charge in [-0.3, -0.25) is 9.13 Å². The van der Waals surface area contributed by atoms with Gasteiger partial charge in [-0.05, 0) is 25.7 Å². The SMILES string of the molecule is CCCCCCP(=O)(O)CCCC.CCCCCCP(=O)(O)CCCC.[Fe]. The first-order valence-corrected chi connectivity index (χ1v) is 14.9. The smallest absolute Gasteiger partial charge is 0.200 e. The molecule has 2 N–H and O–H groups in total. The van der Waals surface area contributed by atoms with E-state index in [1.165, 1.54) is 25.7 Å². The first-order chi connectivity index (χ1) is 12.2. The maximum atomic E-state index is 11.5. The first-order valence-electron chi connectivity index (χ1n) is 10.9. The predicted octanol–water partition coefficient (Wildman–Crippen LogP) is 7.27. The van der Waals surface area contributed by atoms with E-state index in [0.29, 0.717) is 24.6 Å². The summed E-state index contributed by atoms with van der Waals surface area (Å²) in [6, 6.07) is 0. The third-order valence-electron chi connectivity index (χ3n) is 4.44. The number of unbranched alkanes of at least 4 members (excludes halogenated alkanes) is 8. The summed E-state index contributed by atoms with van der Waals surface area (Å²) >= 11 is 0. The first kappa shape index (κ1) is 32.6. The van der Waals surface area contributed by atoms with Crippen molar-refractivity contribution in [1.29, 1.82) is 0 Å². The summed E-state index contributed by atoms with van der Waals surface area (Å²) in [6.07, 6.45) is 14.7. The van der Waals surface area contributed by atoms with Crippen LogP contribution in [-0.4, -0.2) is 34.4 Å². The van der Waals surface area contributed by atoms with Crippen LogP contribution in [0.4, 0.5) is 0 Å². The molecule has 0 aromatic rings. The van der Waals surface area contributed by atoms with E-state index < -0.39 is 14.7 Å². The molecule has 0 saturated heterocycles. The Morgan fingerprint density at radius 2 is 0.741 bits per heavy atom. The number of hydrogen-bond acceptors (Lipinski definition) is 2. The van der Waals surface area contributed by atoms with Gasteiger partial charge in [-0.1, -0.05) is 79.1 Å². The van der Waals surface area contributed by atoms with Gasteiger partial charge >= 0.3 is 0 Å². The summed E-state index contributed by atoms with van der Waals surface area (Å²) < 4.78 is 23.0. The molecule has 2 atom stereocenters. The molecule has 0 heterocycles. The van der Waals surface area contributed by atoms with Crippen LogP contribution >= 0.6 is 14.7 Å². The van der Waals surface area contributed by atoms with Crippen LogP contribution in [0.5, 0.6) is 0 Å². The summed E-state index contributed by atoms with van der Waals surface area (Å²) in [5.41, 5.74) is 0. The molecule has 0 fully saturated rings. The zero-order chi connectivity index (χ0) is 20.3. The Morgan fingerprint density at radius 1 is 0.481 bits per heavy atom. The molecule has 0 radical (unpaired) electrons. The van der Waals surface area contributed by atoms with Gasteiger partial charge in [0.1, 0.15) is 0 Å². The van der Waals surface area contributed by atoms with Crippen LogP contribution < -0.4 is 0 Å². The van der Waals surface area contributed by atoms with E-state index in [9.17, 15) is 18.9 Å². The Hall–Kier alpha value is 0.899. The largest absolute Gasteiger partial charge is 0.344 e. The molecule has 0 saturated carbocycles. The van der Waals surface area contributed by atoms with Crippen LogP contribution in [-0.2, 0) is 26.2 Å². The maximum Gasteiger partial charge on any atom is 0.200 e. The van der Waals surface area contributed by atoms with E-state index in [2.05, 4.69) is 27.7 Å². The van der Waals surface area contributed by atoms with E-state index in [1.54, 1.807) is 0 Å². The van der Waals surface area contributed by atoms with Gasteiger partial charge in [0.15, 0.2) is 0 Å². The van der Waals surface area contributed by atoms with E-state index in [4.69, 9.17) is 0 Å². The minimum absolute atomic E-state index is 0. The van der Waals surface area contributed by atoms with E-state index in [1.807, 2.05) is 0 Å². The summed E-state index contributed by atoms with van der Waals surface area (Å²) in [5.74, 6) is 0. The fraction of sp³-hybridized carbons (Fsp3) is 1.00. The molecule has 27 heavy (non-hydrogen) atoms. The Morgan fingerprint density at radius 3 is 1.00 bits per heavy atom. The molecular formula is C20H46FeO4P2. The standard InChI is InChI=1S/2C10H23O2P.Fe/c2*1-3-5-7-8-10-13(11,12)9-6-4-2;/h2*3-10H2,1-2H3,(H,11,12);. The van der Waals surface area contributed by atoms with Gasteiger partial charge in [-0.25, -0.2) is 0 Å². The summed E-state index contributed by atoms with van der Waals surface area (Å²) in [6.45, 7) is 8.40. The van der Waals surface area contributed by atoms with Gasteiger partial charge in [0, 0.05) is 41.7 Å². The van der Waals surface area contributed by atoms with Crippen LogP contribution in [0, 0.1) is 0 Å². The van der Waals surface area contributed by atoms with Gasteiger partial charge < -0.3 is 9.79 Å². The van der Waals surface area contributed by atoms with Crippen LogP contribution in [0.1, 0.15) is 105 Å². The Balaban J connectivity index is -0.000000411. The molecule has 0 aliphatic rings. The second-order valence-corrected chi connectivity index (χ2v) is 12.6. The van der Waals surface area contributed by atoms with Crippen molar-refractivity contribution in [1.82, 2.24) is 0 Å². The molecule has 0 aliphatic heterocycles. The van der Waals surface area contributed by atoms with Crippen LogP contribution in [0.25, 0.3) is 0 Å². The van der Waals surface area contributed by atoms with Gasteiger partial charge in [-0.15, -0.1) is 0 Å². The van der Waals surface area contributed by atoms with Gasteiger partial charge in [0.2, 0.25) is 14.7 Å². The summed E-state index contributed by atoms with van der Waals surface area (Å²) in [7, 11) is -5.50. The van der Waals surface area contributed by atoms with Crippen molar-refractivity contribution in [2.75, 3.05) is 24.6 Å². The second-order valence-electron chi connectivity index (χ2n) is 7.42. The predicted molar refractivity (Wildman–Crippen MR) is 117 cm³/mol. The normalized spacial score (nSPS) is 15.0. The van der Waals surface area contributed by atoms with Crippen LogP contribution in [0.2, 0.25) is 0 Å². The van der Waals surface area contributed by atoms with Crippen LogP contribution in [0.3, 0.4) is 0 Å². The quantitative estimate of drug-likeness (QED) is 0.142. The van der Waals surface area contributed by atoms with Crippen molar-refractivity contribution < 1.29 is 36.0 Å². The van der Waals surface area contributed by atoms with Crippen molar-refractivity contribution in [3.05, 3.63) is 0 Å². The third-order valence-corrected chi connectivity index (χ3v) is 8.50. The fourth-order valence-electron chi connectivity index (χ4n) is 2.61. The molecule has 0 aromatic heterocycles. The average molecular weight is 468 g/mol. The summed E-state index contributed by atoms with van der Waals surface area (Å²) in [4.78, 5) is 19.0. The zero-order valence-corrected chi connectivity index (χ0v) is 21.2. The monoisotopic (exact) mass is 468 g/mol. The molecule has 4 nitrogen and oxygen atoms in total. The molecule has 7 heteroatoms. The maximum absolute atomic E-state index is 11.5. The molecule has 0 aromatic carbocycles. The zero-order valence-electron chi connectivity index (χ0n) is 18.3. The molecule has 0 aliphatic carbocycles. The molecule has 0 amide bonds. The van der Waals surface area contributed by atoms with Crippen molar-refractivity contribution in [2.24, 2.45) is 0 Å². The van der Waals surface area contributed by atoms with E-state index in [0.717, 1.165) is 51.4 Å². The van der Waals surface area contributed by atoms with E-state index in [-0.39, 0.29) is 17.1 Å². The molecule has 0 rings (SSSR count). The van der Waals surface area contributed by atoms with E-state index >= 15 is 0 Å². The van der Waals surface area contributed by atoms with Crippen molar-refractivity contribution in [3.63, 3.8) is 0 Å². The number of rotatable bonds is 16. The minimum atomic E-state index is -2.75. The summed E-state index contributed by atoms with van der Waals surface area (Å²) in [5, 5.41) is 0. The van der Waals surface area contributed by atoms with Gasteiger partial charge in [0.05, 0.1) is 0 Å². The Kier molecular flexibility index (Phi) is 26.1. The Labute approximate surface area is 180 Å². The molecule has 168 valence electrons. The molecule has 2 unspecified atom stereocenters. The molecule has 0 spiro atoms. The Bertz CT molecular complexity index is 356. The van der Waals surface area contributed by atoms with Gasteiger partial charge in [-0.2, -0.15) is 0 Å². The van der Waals surface area contributed by atoms with Crippen molar-refractivity contribution >= 4 is 14.7 Å². The second kappa shape index (κ2) is 21.6. The number of hydrogen-bond donors (Lipinski definition) is 2. The third kappa shape index (κ3) is 26.9. The topological polar surface area (TPSA) is 74.6 Å². The van der Waals surface area contributed by atoms with Gasteiger partial charge in [0.25, 0.3) is 0 Å². The minimum Gasteiger partial charge on any atom is -0.344 e. The van der Waals surface area contributed by atoms with Crippen LogP contribution in [0.15, 0.2) is 0 Å². The molecule has 0 bridgehead atoms. The fourth-order valence-corrected chi connectivity index (χ4v) is 6.11. The average Bonchev–Trinajstić information content (AvgIpc) is 2.60. The van der Waals surface area contributed by atoms with Crippen molar-refractivity contribution in [2.45, 2.75) is 105 Å². The molecular weight excluding hydrogens is 422 g/mol.